The Balaban J connectivity index is 2.30. The Bertz CT molecular complexity index is 459. The first-order chi connectivity index (χ1) is 7.47. The van der Waals surface area contributed by atoms with Crippen LogP contribution < -0.4 is 0 Å². The van der Waals surface area contributed by atoms with Crippen LogP contribution >= 0.6 is 11.3 Å². The zero-order valence-corrected chi connectivity index (χ0v) is 8.90. The van der Waals surface area contributed by atoms with Crippen molar-refractivity contribution in [3.63, 3.8) is 0 Å². The summed E-state index contributed by atoms with van der Waals surface area (Å²) in [5, 5.41) is 8.97. The second-order valence-electron chi connectivity index (χ2n) is 3.33. The van der Waals surface area contributed by atoms with Crippen molar-refractivity contribution in [3.8, 4) is 0 Å². The van der Waals surface area contributed by atoms with Crippen molar-refractivity contribution in [3.05, 3.63) is 27.4 Å². The number of halogens is 3. The van der Waals surface area contributed by atoms with E-state index in [4.69, 9.17) is 5.11 Å². The number of hydrogen-bond donors (Lipinski definition) is 1. The lowest BCUT2D eigenvalue weighted by Gasteiger charge is -2.02. The van der Waals surface area contributed by atoms with Gasteiger partial charge in [-0.3, -0.25) is 0 Å². The van der Waals surface area contributed by atoms with E-state index in [0.717, 1.165) is 17.7 Å². The molecule has 1 aromatic heterocycles. The topological polar surface area (TPSA) is 33.1 Å². The molecular weight excluding hydrogens is 239 g/mol. The van der Waals surface area contributed by atoms with E-state index >= 15 is 0 Å². The lowest BCUT2D eigenvalue weighted by atomic mass is 10.1. The van der Waals surface area contributed by atoms with Crippen LogP contribution in [-0.2, 0) is 6.42 Å². The van der Waals surface area contributed by atoms with E-state index in [1.165, 1.54) is 11.3 Å². The van der Waals surface area contributed by atoms with Gasteiger partial charge in [-0.1, -0.05) is 6.08 Å². The molecule has 0 spiro atoms. The number of aliphatic hydroxyl groups is 1. The normalized spacial score (nSPS) is 16.3. The Morgan fingerprint density at radius 3 is 2.88 bits per heavy atom. The lowest BCUT2D eigenvalue weighted by molar-refractivity contribution is -0.119. The Morgan fingerprint density at radius 1 is 1.50 bits per heavy atom. The highest BCUT2D eigenvalue weighted by Gasteiger charge is 2.34. The molecule has 1 aliphatic carbocycles. The van der Waals surface area contributed by atoms with Crippen molar-refractivity contribution in [1.29, 1.82) is 0 Å². The van der Waals surface area contributed by atoms with E-state index in [2.05, 4.69) is 4.98 Å². The summed E-state index contributed by atoms with van der Waals surface area (Å²) >= 11 is 1.18. The molecule has 0 aromatic carbocycles. The summed E-state index contributed by atoms with van der Waals surface area (Å²) in [7, 11) is 0. The lowest BCUT2D eigenvalue weighted by Crippen LogP contribution is -2.10. The maximum absolute atomic E-state index is 12.1. The highest BCUT2D eigenvalue weighted by atomic mass is 32.1. The smallest absolute Gasteiger partial charge is 0.448 e. The van der Waals surface area contributed by atoms with Gasteiger partial charge in [-0.25, -0.2) is 4.98 Å². The largest absolute Gasteiger partial charge is 0.504 e. The third-order valence-corrected chi connectivity index (χ3v) is 3.19. The SMILES string of the molecule is O/C(=C\c1nc2c(s1)CCC=C2)C(F)(F)F. The molecule has 0 unspecified atom stereocenters. The zero-order valence-electron chi connectivity index (χ0n) is 8.08. The number of thiazole rings is 1. The minimum Gasteiger partial charge on any atom is -0.504 e. The second kappa shape index (κ2) is 3.93. The van der Waals surface area contributed by atoms with Gasteiger partial charge in [0.2, 0.25) is 5.76 Å². The Labute approximate surface area is 93.8 Å². The molecule has 2 rings (SSSR count). The van der Waals surface area contributed by atoms with Crippen molar-refractivity contribution in [2.45, 2.75) is 19.0 Å². The number of rotatable bonds is 1. The summed E-state index contributed by atoms with van der Waals surface area (Å²) in [5.74, 6) is -1.61. The highest BCUT2D eigenvalue weighted by Crippen LogP contribution is 2.29. The Hall–Kier alpha value is -1.30. The van der Waals surface area contributed by atoms with Gasteiger partial charge in [0.1, 0.15) is 5.01 Å². The molecule has 0 radical (unpaired) electrons. The third-order valence-electron chi connectivity index (χ3n) is 2.11. The van der Waals surface area contributed by atoms with Crippen LogP contribution in [0.15, 0.2) is 11.8 Å². The quantitative estimate of drug-likeness (QED) is 0.769. The average molecular weight is 247 g/mol. The van der Waals surface area contributed by atoms with Crippen molar-refractivity contribution in [1.82, 2.24) is 4.98 Å². The highest BCUT2D eigenvalue weighted by molar-refractivity contribution is 7.12. The minimum absolute atomic E-state index is 0.186. The van der Waals surface area contributed by atoms with E-state index in [1.54, 1.807) is 6.08 Å². The summed E-state index contributed by atoms with van der Waals surface area (Å²) in [6.07, 6.45) is 1.35. The summed E-state index contributed by atoms with van der Waals surface area (Å²) in [4.78, 5) is 4.96. The van der Waals surface area contributed by atoms with Crippen LogP contribution in [0.25, 0.3) is 12.2 Å². The van der Waals surface area contributed by atoms with E-state index in [0.29, 0.717) is 11.8 Å². The predicted octanol–water partition coefficient (Wildman–Crippen LogP) is 3.56. The van der Waals surface area contributed by atoms with Gasteiger partial charge in [0.05, 0.1) is 5.69 Å². The predicted molar refractivity (Wildman–Crippen MR) is 56.1 cm³/mol. The molecule has 0 bridgehead atoms. The number of hydrogen-bond acceptors (Lipinski definition) is 3. The van der Waals surface area contributed by atoms with Crippen LogP contribution in [-0.4, -0.2) is 16.3 Å². The van der Waals surface area contributed by atoms with Crippen molar-refractivity contribution < 1.29 is 18.3 Å². The molecule has 0 amide bonds. The molecule has 0 aliphatic heterocycles. The van der Waals surface area contributed by atoms with Gasteiger partial charge >= 0.3 is 6.18 Å². The van der Waals surface area contributed by atoms with Gasteiger partial charge in [0, 0.05) is 11.0 Å². The van der Waals surface area contributed by atoms with E-state index in [-0.39, 0.29) is 5.01 Å². The fraction of sp³-hybridized carbons (Fsp3) is 0.300. The molecule has 1 N–H and O–H groups in total. The van der Waals surface area contributed by atoms with Gasteiger partial charge < -0.3 is 5.11 Å². The minimum atomic E-state index is -4.71. The maximum Gasteiger partial charge on any atom is 0.448 e. The number of alkyl halides is 3. The summed E-state index contributed by atoms with van der Waals surface area (Å²) in [5.41, 5.74) is 0.706. The molecule has 6 heteroatoms. The standard InChI is InChI=1S/C10H8F3NOS/c11-10(12,13)8(15)5-9-14-6-3-1-2-4-7(6)16-9/h1,3,5,15H,2,4H2/b8-5-. The van der Waals surface area contributed by atoms with Crippen LogP contribution in [0.3, 0.4) is 0 Å². The van der Waals surface area contributed by atoms with E-state index in [9.17, 15) is 13.2 Å². The second-order valence-corrected chi connectivity index (χ2v) is 4.44. The molecule has 86 valence electrons. The summed E-state index contributed by atoms with van der Waals surface area (Å²) in [6, 6.07) is 0. The fourth-order valence-electron chi connectivity index (χ4n) is 1.36. The zero-order chi connectivity index (χ0) is 11.8. The molecule has 0 saturated heterocycles. The number of allylic oxidation sites excluding steroid dienone is 2. The van der Waals surface area contributed by atoms with E-state index < -0.39 is 11.9 Å². The number of fused-ring (bicyclic) bond motifs is 1. The molecule has 0 fully saturated rings. The van der Waals surface area contributed by atoms with Gasteiger partial charge in [0.15, 0.2) is 0 Å². The third kappa shape index (κ3) is 2.27. The number of aryl methyl sites for hydroxylation is 1. The number of nitrogens with zero attached hydrogens (tertiary/aromatic N) is 1. The summed E-state index contributed by atoms with van der Waals surface area (Å²) < 4.78 is 36.2. The van der Waals surface area contributed by atoms with Gasteiger partial charge in [-0.15, -0.1) is 11.3 Å². The molecule has 2 nitrogen and oxygen atoms in total. The van der Waals surface area contributed by atoms with Crippen LogP contribution in [0.4, 0.5) is 13.2 Å². The Morgan fingerprint density at radius 2 is 2.25 bits per heavy atom. The number of aromatic nitrogens is 1. The van der Waals surface area contributed by atoms with Crippen LogP contribution in [0.5, 0.6) is 0 Å². The number of aliphatic hydroxyl groups excluding tert-OH is 1. The molecule has 16 heavy (non-hydrogen) atoms. The molecule has 1 heterocycles. The van der Waals surface area contributed by atoms with Crippen molar-refractivity contribution in [2.24, 2.45) is 0 Å². The Kier molecular flexibility index (Phi) is 2.75. The molecular formula is C10H8F3NOS. The van der Waals surface area contributed by atoms with Gasteiger partial charge in [-0.05, 0) is 18.9 Å². The monoisotopic (exact) mass is 247 g/mol. The first kappa shape index (κ1) is 11.2. The van der Waals surface area contributed by atoms with Crippen LogP contribution in [0.1, 0.15) is 22.0 Å². The fourth-order valence-corrected chi connectivity index (χ4v) is 2.37. The van der Waals surface area contributed by atoms with Crippen LogP contribution in [0.2, 0.25) is 0 Å². The average Bonchev–Trinajstić information content (AvgIpc) is 2.58. The van der Waals surface area contributed by atoms with Gasteiger partial charge in [-0.2, -0.15) is 13.2 Å². The first-order valence-corrected chi connectivity index (χ1v) is 5.42. The molecule has 0 saturated carbocycles. The van der Waals surface area contributed by atoms with Crippen molar-refractivity contribution in [2.75, 3.05) is 0 Å². The van der Waals surface area contributed by atoms with Gasteiger partial charge in [0.25, 0.3) is 0 Å². The van der Waals surface area contributed by atoms with E-state index in [1.807, 2.05) is 6.08 Å². The molecule has 1 aromatic rings. The molecule has 1 aliphatic rings. The summed E-state index contributed by atoms with van der Waals surface area (Å²) in [6.45, 7) is 0. The first-order valence-electron chi connectivity index (χ1n) is 4.61. The molecule has 0 atom stereocenters. The maximum atomic E-state index is 12.1. The van der Waals surface area contributed by atoms with Crippen LogP contribution in [0, 0.1) is 0 Å². The van der Waals surface area contributed by atoms with Crippen molar-refractivity contribution >= 4 is 23.5 Å².